The third-order valence-electron chi connectivity index (χ3n) is 5.47. The van der Waals surface area contributed by atoms with Gasteiger partial charge in [-0.05, 0) is 27.2 Å². The minimum atomic E-state index is -0.0479. The lowest BCUT2D eigenvalue weighted by molar-refractivity contribution is -0.00575. The molecule has 0 radical (unpaired) electrons. The Morgan fingerprint density at radius 2 is 1.97 bits per heavy atom. The first kappa shape index (κ1) is 18.0. The Morgan fingerprint density at radius 1 is 1.17 bits per heavy atom. The Morgan fingerprint density at radius 3 is 2.76 bits per heavy atom. The second kappa shape index (κ2) is 6.80. The summed E-state index contributed by atoms with van der Waals surface area (Å²) >= 11 is 0. The lowest BCUT2D eigenvalue weighted by atomic mass is 10.1. The first-order valence-electron chi connectivity index (χ1n) is 9.92. The quantitative estimate of drug-likeness (QED) is 0.675. The molecule has 2 atom stereocenters. The molecule has 3 aromatic heterocycles. The van der Waals surface area contributed by atoms with Crippen LogP contribution in [0.5, 0.6) is 0 Å². The topological polar surface area (TPSA) is 105 Å². The summed E-state index contributed by atoms with van der Waals surface area (Å²) in [7, 11) is 0. The van der Waals surface area contributed by atoms with Crippen molar-refractivity contribution in [2.45, 2.75) is 45.9 Å². The number of rotatable bonds is 2. The number of anilines is 2. The highest BCUT2D eigenvalue weighted by Gasteiger charge is 2.27. The van der Waals surface area contributed by atoms with E-state index in [2.05, 4.69) is 29.9 Å². The summed E-state index contributed by atoms with van der Waals surface area (Å²) in [6, 6.07) is 1.99. The molecule has 0 saturated carbocycles. The normalized spacial score (nSPS) is 22.2. The maximum atomic E-state index is 12.7. The van der Waals surface area contributed by atoms with Crippen molar-refractivity contribution in [1.29, 1.82) is 0 Å². The molecule has 0 amide bonds. The van der Waals surface area contributed by atoms with Crippen LogP contribution in [-0.2, 0) is 17.7 Å². The van der Waals surface area contributed by atoms with E-state index in [1.54, 1.807) is 4.52 Å². The van der Waals surface area contributed by atoms with Crippen molar-refractivity contribution in [2.75, 3.05) is 29.4 Å². The first-order valence-corrected chi connectivity index (χ1v) is 9.92. The van der Waals surface area contributed by atoms with Crippen molar-refractivity contribution in [1.82, 2.24) is 29.5 Å². The number of aryl methyl sites for hydroxylation is 1. The summed E-state index contributed by atoms with van der Waals surface area (Å²) in [6.07, 6.45) is 2.32. The molecule has 10 heteroatoms. The van der Waals surface area contributed by atoms with E-state index in [9.17, 15) is 4.79 Å². The van der Waals surface area contributed by atoms with Crippen molar-refractivity contribution in [3.05, 3.63) is 39.7 Å². The fourth-order valence-electron chi connectivity index (χ4n) is 4.26. The Hall–Kier alpha value is -3.01. The zero-order valence-corrected chi connectivity index (χ0v) is 16.8. The highest BCUT2D eigenvalue weighted by molar-refractivity contribution is 5.49. The van der Waals surface area contributed by atoms with E-state index in [-0.39, 0.29) is 17.8 Å². The maximum absolute atomic E-state index is 12.7. The summed E-state index contributed by atoms with van der Waals surface area (Å²) in [5, 5.41) is 4.31. The molecule has 1 fully saturated rings. The molecule has 152 valence electrons. The van der Waals surface area contributed by atoms with Gasteiger partial charge in [0, 0.05) is 37.0 Å². The van der Waals surface area contributed by atoms with Gasteiger partial charge in [0.1, 0.15) is 12.1 Å². The third kappa shape index (κ3) is 3.23. The zero-order valence-electron chi connectivity index (χ0n) is 16.8. The van der Waals surface area contributed by atoms with Gasteiger partial charge in [-0.25, -0.2) is 9.97 Å². The molecular formula is C19H24N8O2. The van der Waals surface area contributed by atoms with Gasteiger partial charge in [0.15, 0.2) is 0 Å². The summed E-state index contributed by atoms with van der Waals surface area (Å²) in [6.45, 7) is 8.68. The average Bonchev–Trinajstić information content (AvgIpc) is 3.14. The molecular weight excluding hydrogens is 372 g/mol. The van der Waals surface area contributed by atoms with Crippen LogP contribution in [0.3, 0.4) is 0 Å². The maximum Gasteiger partial charge on any atom is 0.255 e. The van der Waals surface area contributed by atoms with Crippen LogP contribution >= 0.6 is 0 Å². The number of hydrogen-bond donors (Lipinski definition) is 1. The molecule has 1 saturated heterocycles. The molecule has 0 spiro atoms. The molecule has 5 rings (SSSR count). The monoisotopic (exact) mass is 396 g/mol. The number of aromatic amines is 1. The first-order chi connectivity index (χ1) is 14.0. The van der Waals surface area contributed by atoms with Crippen molar-refractivity contribution in [2.24, 2.45) is 0 Å². The van der Waals surface area contributed by atoms with Gasteiger partial charge in [0.25, 0.3) is 11.3 Å². The van der Waals surface area contributed by atoms with Crippen molar-refractivity contribution < 1.29 is 4.74 Å². The second-order valence-corrected chi connectivity index (χ2v) is 7.88. The van der Waals surface area contributed by atoms with E-state index >= 15 is 0 Å². The molecule has 1 N–H and O–H groups in total. The standard InChI is InChI=1S/C19H24N8O2/c1-11-6-16(27-18(22-11)20-10-21-27)25-5-4-14-15(9-25)23-19(24-17(14)28)26-7-12(2)29-13(3)8-26/h6,10,12-13H,4-5,7-9H2,1-3H3,(H,23,24,28). The zero-order chi connectivity index (χ0) is 20.1. The van der Waals surface area contributed by atoms with Crippen LogP contribution in [0.4, 0.5) is 11.8 Å². The van der Waals surface area contributed by atoms with Crippen molar-refractivity contribution in [3.8, 4) is 0 Å². The van der Waals surface area contributed by atoms with Crippen LogP contribution < -0.4 is 15.4 Å². The van der Waals surface area contributed by atoms with Gasteiger partial charge in [0.05, 0.1) is 24.4 Å². The number of H-pyrrole nitrogens is 1. The van der Waals surface area contributed by atoms with E-state index in [1.165, 1.54) is 6.33 Å². The summed E-state index contributed by atoms with van der Waals surface area (Å²) in [5.41, 5.74) is 2.40. The van der Waals surface area contributed by atoms with E-state index in [0.717, 1.165) is 22.8 Å². The SMILES string of the molecule is Cc1cc(N2CCc3c(nc(N4CC(C)OC(C)C4)[nH]c3=O)C2)n2ncnc2n1. The number of fused-ring (bicyclic) bond motifs is 2. The third-order valence-corrected chi connectivity index (χ3v) is 5.47. The molecule has 0 bridgehead atoms. The summed E-state index contributed by atoms with van der Waals surface area (Å²) in [5.74, 6) is 2.10. The molecule has 2 aliphatic rings. The van der Waals surface area contributed by atoms with Crippen LogP contribution in [0.15, 0.2) is 17.2 Å². The predicted molar refractivity (Wildman–Crippen MR) is 107 cm³/mol. The van der Waals surface area contributed by atoms with Gasteiger partial charge >= 0.3 is 0 Å². The molecule has 0 aliphatic carbocycles. The van der Waals surface area contributed by atoms with E-state index in [1.807, 2.05) is 26.8 Å². The Balaban J connectivity index is 1.50. The Kier molecular flexibility index (Phi) is 4.23. The van der Waals surface area contributed by atoms with Gasteiger partial charge in [0.2, 0.25) is 5.95 Å². The highest BCUT2D eigenvalue weighted by atomic mass is 16.5. The largest absolute Gasteiger partial charge is 0.372 e. The van der Waals surface area contributed by atoms with Gasteiger partial charge in [-0.3, -0.25) is 9.78 Å². The molecule has 3 aromatic rings. The van der Waals surface area contributed by atoms with E-state index < -0.39 is 0 Å². The molecule has 0 aromatic carbocycles. The molecule has 2 aliphatic heterocycles. The Bertz CT molecular complexity index is 1110. The Labute approximate surface area is 167 Å². The van der Waals surface area contributed by atoms with Crippen LogP contribution in [0, 0.1) is 6.92 Å². The van der Waals surface area contributed by atoms with Gasteiger partial charge in [-0.15, -0.1) is 0 Å². The van der Waals surface area contributed by atoms with E-state index in [4.69, 9.17) is 9.72 Å². The summed E-state index contributed by atoms with van der Waals surface area (Å²) in [4.78, 5) is 33.5. The van der Waals surface area contributed by atoms with Crippen LogP contribution in [0.1, 0.15) is 30.8 Å². The van der Waals surface area contributed by atoms with Crippen LogP contribution in [0.25, 0.3) is 5.78 Å². The molecule has 10 nitrogen and oxygen atoms in total. The van der Waals surface area contributed by atoms with Gasteiger partial charge in [-0.2, -0.15) is 14.6 Å². The van der Waals surface area contributed by atoms with Crippen molar-refractivity contribution >= 4 is 17.5 Å². The number of nitrogens with one attached hydrogen (secondary N) is 1. The molecule has 29 heavy (non-hydrogen) atoms. The lowest BCUT2D eigenvalue weighted by Crippen LogP contribution is -2.47. The average molecular weight is 396 g/mol. The lowest BCUT2D eigenvalue weighted by Gasteiger charge is -2.36. The van der Waals surface area contributed by atoms with E-state index in [0.29, 0.717) is 44.3 Å². The molecule has 5 heterocycles. The summed E-state index contributed by atoms with van der Waals surface area (Å²) < 4.78 is 7.54. The number of aromatic nitrogens is 6. The van der Waals surface area contributed by atoms with Gasteiger partial charge < -0.3 is 14.5 Å². The number of ether oxygens (including phenoxy) is 1. The van der Waals surface area contributed by atoms with Crippen molar-refractivity contribution in [3.63, 3.8) is 0 Å². The highest BCUT2D eigenvalue weighted by Crippen LogP contribution is 2.24. The van der Waals surface area contributed by atoms with Crippen LogP contribution in [-0.4, -0.2) is 61.4 Å². The van der Waals surface area contributed by atoms with Crippen LogP contribution in [0.2, 0.25) is 0 Å². The number of nitrogens with zero attached hydrogens (tertiary/aromatic N) is 7. The molecule has 2 unspecified atom stereocenters. The predicted octanol–water partition coefficient (Wildman–Crippen LogP) is 0.692. The smallest absolute Gasteiger partial charge is 0.255 e. The number of morpholine rings is 1. The minimum Gasteiger partial charge on any atom is -0.372 e. The fraction of sp³-hybridized carbons (Fsp3) is 0.526. The van der Waals surface area contributed by atoms with Gasteiger partial charge in [-0.1, -0.05) is 0 Å². The second-order valence-electron chi connectivity index (χ2n) is 7.88. The number of hydrogen-bond acceptors (Lipinski definition) is 8. The minimum absolute atomic E-state index is 0.0479. The fourth-order valence-corrected chi connectivity index (χ4v) is 4.26.